The van der Waals surface area contributed by atoms with Crippen molar-refractivity contribution in [1.82, 2.24) is 10.3 Å². The third-order valence-corrected chi connectivity index (χ3v) is 1.58. The van der Waals surface area contributed by atoms with Crippen molar-refractivity contribution in [3.63, 3.8) is 0 Å². The summed E-state index contributed by atoms with van der Waals surface area (Å²) >= 11 is 0. The van der Waals surface area contributed by atoms with Crippen molar-refractivity contribution in [3.05, 3.63) is 30.1 Å². The van der Waals surface area contributed by atoms with Crippen molar-refractivity contribution < 1.29 is 14.6 Å². The Balaban J connectivity index is 2.30. The molecule has 5 nitrogen and oxygen atoms in total. The smallest absolute Gasteiger partial charge is 0.406 e. The zero-order chi connectivity index (χ0) is 10.4. The first-order valence-corrected chi connectivity index (χ1v) is 4.18. The Morgan fingerprint density at radius 3 is 2.86 bits per heavy atom. The van der Waals surface area contributed by atoms with E-state index in [1.807, 2.05) is 12.1 Å². The van der Waals surface area contributed by atoms with Crippen molar-refractivity contribution >= 4 is 6.09 Å². The quantitative estimate of drug-likeness (QED) is 0.710. The minimum Gasteiger partial charge on any atom is -0.465 e. The van der Waals surface area contributed by atoms with E-state index >= 15 is 0 Å². The summed E-state index contributed by atoms with van der Waals surface area (Å²) in [6.07, 6.45) is 1.72. The lowest BCUT2D eigenvalue weighted by atomic mass is 10.3. The second-order valence-electron chi connectivity index (χ2n) is 2.76. The van der Waals surface area contributed by atoms with Gasteiger partial charge in [0.05, 0.1) is 6.61 Å². The Hall–Kier alpha value is -1.62. The van der Waals surface area contributed by atoms with Gasteiger partial charge < -0.3 is 9.84 Å². The molecule has 1 heterocycles. The fourth-order valence-electron chi connectivity index (χ4n) is 0.916. The number of nitrogens with one attached hydrogen (secondary N) is 1. The normalized spacial score (nSPS) is 12.1. The molecule has 2 N–H and O–H groups in total. The molecule has 0 aliphatic carbocycles. The van der Waals surface area contributed by atoms with Gasteiger partial charge in [0.15, 0.2) is 0 Å². The van der Waals surface area contributed by atoms with E-state index in [0.29, 0.717) is 6.61 Å². The van der Waals surface area contributed by atoms with Crippen LogP contribution in [0.3, 0.4) is 0 Å². The molecule has 0 saturated carbocycles. The van der Waals surface area contributed by atoms with Gasteiger partial charge in [-0.15, -0.1) is 0 Å². The molecular weight excluding hydrogens is 184 g/mol. The number of pyridine rings is 1. The van der Waals surface area contributed by atoms with E-state index in [0.717, 1.165) is 5.56 Å². The number of carboxylic acid groups (broad SMARTS) is 1. The molecule has 1 atom stereocenters. The average molecular weight is 196 g/mol. The summed E-state index contributed by atoms with van der Waals surface area (Å²) in [6, 6.07) is 3.63. The molecular formula is C9H12N2O3. The predicted molar refractivity (Wildman–Crippen MR) is 49.6 cm³/mol. The molecule has 0 bridgehead atoms. The predicted octanol–water partition coefficient (Wildman–Crippen LogP) is 1.21. The molecule has 0 aliphatic heterocycles. The van der Waals surface area contributed by atoms with Crippen molar-refractivity contribution in [3.8, 4) is 0 Å². The van der Waals surface area contributed by atoms with Gasteiger partial charge in [-0.3, -0.25) is 10.3 Å². The van der Waals surface area contributed by atoms with Gasteiger partial charge in [0.2, 0.25) is 0 Å². The summed E-state index contributed by atoms with van der Waals surface area (Å²) in [5.41, 5.74) is 0.957. The zero-order valence-electron chi connectivity index (χ0n) is 7.80. The molecule has 1 rings (SSSR count). The van der Waals surface area contributed by atoms with Crippen LogP contribution in [0, 0.1) is 0 Å². The van der Waals surface area contributed by atoms with Crippen LogP contribution in [-0.2, 0) is 11.3 Å². The van der Waals surface area contributed by atoms with Crippen LogP contribution in [0.15, 0.2) is 24.5 Å². The van der Waals surface area contributed by atoms with Crippen LogP contribution in [0.5, 0.6) is 0 Å². The van der Waals surface area contributed by atoms with Crippen LogP contribution in [0.4, 0.5) is 4.79 Å². The third kappa shape index (κ3) is 3.86. The molecule has 1 aromatic rings. The van der Waals surface area contributed by atoms with E-state index in [9.17, 15) is 4.79 Å². The van der Waals surface area contributed by atoms with Gasteiger partial charge in [-0.1, -0.05) is 0 Å². The van der Waals surface area contributed by atoms with Crippen molar-refractivity contribution in [2.75, 3.05) is 0 Å². The molecule has 1 amide bonds. The van der Waals surface area contributed by atoms with Gasteiger partial charge >= 0.3 is 6.09 Å². The van der Waals surface area contributed by atoms with E-state index in [-0.39, 0.29) is 0 Å². The number of hydrogen-bond acceptors (Lipinski definition) is 3. The highest BCUT2D eigenvalue weighted by Crippen LogP contribution is 2.00. The molecule has 14 heavy (non-hydrogen) atoms. The first-order chi connectivity index (χ1) is 6.68. The summed E-state index contributed by atoms with van der Waals surface area (Å²) in [4.78, 5) is 14.1. The molecule has 0 saturated heterocycles. The summed E-state index contributed by atoms with van der Waals surface area (Å²) in [5.74, 6) is 0. The van der Waals surface area contributed by atoms with E-state index in [1.54, 1.807) is 19.3 Å². The minimum absolute atomic E-state index is 0.365. The molecule has 0 aliphatic rings. The highest BCUT2D eigenvalue weighted by atomic mass is 16.5. The van der Waals surface area contributed by atoms with Gasteiger partial charge in [0.25, 0.3) is 0 Å². The molecule has 0 aromatic carbocycles. The number of hydrogen-bond donors (Lipinski definition) is 2. The van der Waals surface area contributed by atoms with Crippen molar-refractivity contribution in [2.24, 2.45) is 0 Å². The first-order valence-electron chi connectivity index (χ1n) is 4.18. The first kappa shape index (κ1) is 10.5. The fourth-order valence-corrected chi connectivity index (χ4v) is 0.916. The van der Waals surface area contributed by atoms with Crippen LogP contribution in [0.1, 0.15) is 12.5 Å². The van der Waals surface area contributed by atoms with E-state index < -0.39 is 12.3 Å². The Bertz CT molecular complexity index is 289. The second kappa shape index (κ2) is 5.18. The Morgan fingerprint density at radius 2 is 2.29 bits per heavy atom. The maximum absolute atomic E-state index is 10.2. The molecule has 0 fully saturated rings. The number of rotatable bonds is 4. The molecule has 0 radical (unpaired) electrons. The largest absolute Gasteiger partial charge is 0.465 e. The van der Waals surface area contributed by atoms with Crippen LogP contribution in [-0.4, -0.2) is 22.4 Å². The maximum Gasteiger partial charge on any atom is 0.406 e. The summed E-state index contributed by atoms with van der Waals surface area (Å²) in [6.45, 7) is 2.00. The van der Waals surface area contributed by atoms with Crippen LogP contribution >= 0.6 is 0 Å². The highest BCUT2D eigenvalue weighted by molar-refractivity contribution is 5.64. The van der Waals surface area contributed by atoms with Crippen LogP contribution in [0.2, 0.25) is 0 Å². The Morgan fingerprint density at radius 1 is 1.64 bits per heavy atom. The zero-order valence-corrected chi connectivity index (χ0v) is 7.80. The summed E-state index contributed by atoms with van der Waals surface area (Å²) in [7, 11) is 0. The maximum atomic E-state index is 10.2. The topological polar surface area (TPSA) is 71.5 Å². The molecule has 1 aromatic heterocycles. The van der Waals surface area contributed by atoms with Crippen LogP contribution < -0.4 is 5.32 Å². The minimum atomic E-state index is -1.09. The number of nitrogens with zero attached hydrogens (tertiary/aromatic N) is 1. The number of aromatic nitrogens is 1. The molecule has 0 spiro atoms. The Labute approximate surface area is 81.7 Å². The second-order valence-corrected chi connectivity index (χ2v) is 2.76. The van der Waals surface area contributed by atoms with E-state index in [4.69, 9.17) is 9.84 Å². The molecule has 1 unspecified atom stereocenters. The van der Waals surface area contributed by atoms with Gasteiger partial charge in [0, 0.05) is 12.4 Å². The average Bonchev–Trinajstić information content (AvgIpc) is 2.15. The molecule has 76 valence electrons. The summed E-state index contributed by atoms with van der Waals surface area (Å²) in [5, 5.41) is 10.6. The summed E-state index contributed by atoms with van der Waals surface area (Å²) < 4.78 is 5.22. The fraction of sp³-hybridized carbons (Fsp3) is 0.333. The SMILES string of the molecule is CC(NC(=O)O)OCc1ccncc1. The lowest BCUT2D eigenvalue weighted by Crippen LogP contribution is -2.33. The van der Waals surface area contributed by atoms with Gasteiger partial charge in [0.1, 0.15) is 6.23 Å². The van der Waals surface area contributed by atoms with E-state index in [1.165, 1.54) is 0 Å². The number of amides is 1. The highest BCUT2D eigenvalue weighted by Gasteiger charge is 2.04. The lowest BCUT2D eigenvalue weighted by Gasteiger charge is -2.12. The third-order valence-electron chi connectivity index (χ3n) is 1.58. The van der Waals surface area contributed by atoms with E-state index in [2.05, 4.69) is 10.3 Å². The lowest BCUT2D eigenvalue weighted by molar-refractivity contribution is 0.0320. The van der Waals surface area contributed by atoms with Crippen molar-refractivity contribution in [1.29, 1.82) is 0 Å². The van der Waals surface area contributed by atoms with Gasteiger partial charge in [-0.05, 0) is 24.6 Å². The number of carbonyl (C=O) groups is 1. The Kier molecular flexibility index (Phi) is 3.87. The van der Waals surface area contributed by atoms with Crippen LogP contribution in [0.25, 0.3) is 0 Å². The number of ether oxygens (including phenoxy) is 1. The van der Waals surface area contributed by atoms with Gasteiger partial charge in [-0.25, -0.2) is 4.79 Å². The van der Waals surface area contributed by atoms with Crippen molar-refractivity contribution in [2.45, 2.75) is 19.8 Å². The molecule has 5 heteroatoms. The van der Waals surface area contributed by atoms with Gasteiger partial charge in [-0.2, -0.15) is 0 Å². The standard InChI is InChI=1S/C9H12N2O3/c1-7(11-9(12)13)14-6-8-2-4-10-5-3-8/h2-5,7,11H,6H2,1H3,(H,12,13). The monoisotopic (exact) mass is 196 g/mol.